The van der Waals surface area contributed by atoms with E-state index >= 15 is 0 Å². The molecular formula is C17H15NO3S. The summed E-state index contributed by atoms with van der Waals surface area (Å²) in [6, 6.07) is 14.2. The molecule has 0 radical (unpaired) electrons. The van der Waals surface area contributed by atoms with Gasteiger partial charge in [-0.1, -0.05) is 35.9 Å². The van der Waals surface area contributed by atoms with E-state index in [0.717, 1.165) is 16.8 Å². The normalized spacial score (nSPS) is 13.6. The van der Waals surface area contributed by atoms with Crippen molar-refractivity contribution in [3.8, 4) is 0 Å². The van der Waals surface area contributed by atoms with Gasteiger partial charge in [0.15, 0.2) is 5.76 Å². The molecule has 0 saturated carbocycles. The average Bonchev–Trinajstić information content (AvgIpc) is 2.70. The number of nitrogens with one attached hydrogen (secondary N) is 1. The van der Waals surface area contributed by atoms with Crippen LogP contribution in [0.15, 0.2) is 71.5 Å². The number of hydrogen-bond donors (Lipinski definition) is 1. The summed E-state index contributed by atoms with van der Waals surface area (Å²) in [4.78, 5) is 0.133. The maximum atomic E-state index is 12.3. The van der Waals surface area contributed by atoms with E-state index in [9.17, 15) is 8.42 Å². The van der Waals surface area contributed by atoms with E-state index in [-0.39, 0.29) is 10.7 Å². The molecule has 1 N–H and O–H groups in total. The first-order chi connectivity index (χ1) is 10.5. The van der Waals surface area contributed by atoms with Gasteiger partial charge in [0.1, 0.15) is 4.90 Å². The molecule has 112 valence electrons. The van der Waals surface area contributed by atoms with Gasteiger partial charge in [-0.2, -0.15) is 8.42 Å². The fourth-order valence-corrected chi connectivity index (χ4v) is 3.00. The van der Waals surface area contributed by atoms with Crippen molar-refractivity contribution in [2.45, 2.75) is 11.8 Å². The lowest BCUT2D eigenvalue weighted by molar-refractivity contribution is 0.419. The summed E-state index contributed by atoms with van der Waals surface area (Å²) in [6.45, 7) is 1.90. The number of anilines is 1. The fraction of sp³-hybridized carbons (Fsp3) is 0.0588. The van der Waals surface area contributed by atoms with Crippen LogP contribution in [-0.2, 0) is 14.3 Å². The Kier molecular flexibility index (Phi) is 3.73. The summed E-state index contributed by atoms with van der Waals surface area (Å²) < 4.78 is 29.7. The van der Waals surface area contributed by atoms with Crippen molar-refractivity contribution in [1.82, 2.24) is 0 Å². The van der Waals surface area contributed by atoms with Crippen LogP contribution in [0.2, 0.25) is 0 Å². The maximum absolute atomic E-state index is 12.3. The highest BCUT2D eigenvalue weighted by molar-refractivity contribution is 7.86. The summed E-state index contributed by atoms with van der Waals surface area (Å²) >= 11 is 0. The second-order valence-corrected chi connectivity index (χ2v) is 6.51. The highest BCUT2D eigenvalue weighted by Crippen LogP contribution is 2.23. The molecule has 2 aromatic carbocycles. The van der Waals surface area contributed by atoms with Gasteiger partial charge in [-0.25, -0.2) is 0 Å². The molecule has 5 heteroatoms. The van der Waals surface area contributed by atoms with E-state index in [0.29, 0.717) is 0 Å². The van der Waals surface area contributed by atoms with Crippen molar-refractivity contribution in [3.63, 3.8) is 0 Å². The van der Waals surface area contributed by atoms with Gasteiger partial charge in [0, 0.05) is 11.9 Å². The van der Waals surface area contributed by atoms with Gasteiger partial charge in [0.05, 0.1) is 0 Å². The van der Waals surface area contributed by atoms with E-state index in [4.69, 9.17) is 4.18 Å². The minimum absolute atomic E-state index is 0.133. The highest BCUT2D eigenvalue weighted by Gasteiger charge is 2.17. The molecule has 1 aliphatic rings. The predicted molar refractivity (Wildman–Crippen MR) is 86.6 cm³/mol. The Balaban J connectivity index is 1.85. The Morgan fingerprint density at radius 1 is 0.955 bits per heavy atom. The number of para-hydroxylation sites is 1. The lowest BCUT2D eigenvalue weighted by atomic mass is 10.2. The zero-order valence-electron chi connectivity index (χ0n) is 12.0. The van der Waals surface area contributed by atoms with E-state index < -0.39 is 10.1 Å². The van der Waals surface area contributed by atoms with Crippen LogP contribution < -0.4 is 5.32 Å². The largest absolute Gasteiger partial charge is 0.377 e. The Morgan fingerprint density at radius 3 is 2.45 bits per heavy atom. The first-order valence-corrected chi connectivity index (χ1v) is 8.20. The Labute approximate surface area is 129 Å². The standard InChI is InChI=1S/C17H15NO3S/c1-13-6-10-16(11-7-13)22(19,20)21-15-9-8-14-4-2-3-5-17(14)18-12-15/h2-12,18H,1H3. The number of hydrogen-bond acceptors (Lipinski definition) is 4. The van der Waals surface area contributed by atoms with E-state index in [1.165, 1.54) is 18.3 Å². The molecule has 0 amide bonds. The zero-order chi connectivity index (χ0) is 15.6. The van der Waals surface area contributed by atoms with Gasteiger partial charge in [0.25, 0.3) is 0 Å². The monoisotopic (exact) mass is 313 g/mol. The summed E-state index contributed by atoms with van der Waals surface area (Å²) in [5, 5.41) is 3.04. The molecule has 0 unspecified atom stereocenters. The SMILES string of the molecule is Cc1ccc(S(=O)(=O)OC2=CNc3ccccc3C=C2)cc1. The number of aryl methyl sites for hydroxylation is 1. The number of fused-ring (bicyclic) bond motifs is 1. The van der Waals surface area contributed by atoms with Crippen LogP contribution in [-0.4, -0.2) is 8.42 Å². The van der Waals surface area contributed by atoms with Gasteiger partial charge in [-0.15, -0.1) is 0 Å². The van der Waals surface area contributed by atoms with Crippen molar-refractivity contribution in [3.05, 3.63) is 77.7 Å². The van der Waals surface area contributed by atoms with E-state index in [1.807, 2.05) is 37.3 Å². The molecule has 0 atom stereocenters. The lowest BCUT2D eigenvalue weighted by Gasteiger charge is -2.08. The van der Waals surface area contributed by atoms with Crippen LogP contribution in [0.1, 0.15) is 11.1 Å². The average molecular weight is 313 g/mol. The van der Waals surface area contributed by atoms with Gasteiger partial charge in [-0.3, -0.25) is 0 Å². The molecule has 4 nitrogen and oxygen atoms in total. The van der Waals surface area contributed by atoms with Gasteiger partial charge in [0.2, 0.25) is 0 Å². The summed E-state index contributed by atoms with van der Waals surface area (Å²) in [6.07, 6.45) is 4.98. The molecule has 0 bridgehead atoms. The highest BCUT2D eigenvalue weighted by atomic mass is 32.2. The molecule has 22 heavy (non-hydrogen) atoms. The zero-order valence-corrected chi connectivity index (χ0v) is 12.8. The lowest BCUT2D eigenvalue weighted by Crippen LogP contribution is -2.06. The molecule has 0 fully saturated rings. The van der Waals surface area contributed by atoms with Crippen LogP contribution in [0.3, 0.4) is 0 Å². The van der Waals surface area contributed by atoms with Crippen molar-refractivity contribution < 1.29 is 12.6 Å². The second-order valence-electron chi connectivity index (χ2n) is 4.96. The van der Waals surface area contributed by atoms with Crippen molar-refractivity contribution >= 4 is 21.9 Å². The number of allylic oxidation sites excluding steroid dienone is 1. The molecular weight excluding hydrogens is 298 g/mol. The molecule has 2 aromatic rings. The molecule has 0 aromatic heterocycles. The van der Waals surface area contributed by atoms with Crippen molar-refractivity contribution in [2.75, 3.05) is 5.32 Å². The Bertz CT molecular complexity index is 850. The molecule has 1 aliphatic heterocycles. The third-order valence-corrected chi connectivity index (χ3v) is 4.53. The quantitative estimate of drug-likeness (QED) is 0.878. The first-order valence-electron chi connectivity index (χ1n) is 6.79. The van der Waals surface area contributed by atoms with Crippen molar-refractivity contribution in [2.24, 2.45) is 0 Å². The minimum Gasteiger partial charge on any atom is -0.377 e. The van der Waals surface area contributed by atoms with Crippen LogP contribution in [0, 0.1) is 6.92 Å². The van der Waals surface area contributed by atoms with Gasteiger partial charge < -0.3 is 9.50 Å². The molecule has 3 rings (SSSR count). The summed E-state index contributed by atoms with van der Waals surface area (Å²) in [7, 11) is -3.84. The Morgan fingerprint density at radius 2 is 1.68 bits per heavy atom. The van der Waals surface area contributed by atoms with E-state index in [2.05, 4.69) is 5.32 Å². The van der Waals surface area contributed by atoms with Crippen LogP contribution in [0.4, 0.5) is 5.69 Å². The van der Waals surface area contributed by atoms with Gasteiger partial charge >= 0.3 is 10.1 Å². The third-order valence-electron chi connectivity index (χ3n) is 3.27. The van der Waals surface area contributed by atoms with E-state index in [1.54, 1.807) is 18.2 Å². The minimum atomic E-state index is -3.84. The predicted octanol–water partition coefficient (Wildman–Crippen LogP) is 3.68. The Hall–Kier alpha value is -2.53. The number of benzene rings is 2. The maximum Gasteiger partial charge on any atom is 0.339 e. The summed E-state index contributed by atoms with van der Waals surface area (Å²) in [5.41, 5.74) is 2.85. The second kappa shape index (κ2) is 5.69. The van der Waals surface area contributed by atoms with Crippen LogP contribution >= 0.6 is 0 Å². The molecule has 1 heterocycles. The van der Waals surface area contributed by atoms with Crippen LogP contribution in [0.25, 0.3) is 6.08 Å². The summed E-state index contributed by atoms with van der Waals surface area (Å²) in [5.74, 6) is 0.233. The third kappa shape index (κ3) is 3.04. The molecule has 0 aliphatic carbocycles. The van der Waals surface area contributed by atoms with Crippen LogP contribution in [0.5, 0.6) is 0 Å². The van der Waals surface area contributed by atoms with Crippen molar-refractivity contribution in [1.29, 1.82) is 0 Å². The first kappa shape index (κ1) is 14.4. The molecule has 0 spiro atoms. The molecule has 0 saturated heterocycles. The fourth-order valence-electron chi connectivity index (χ4n) is 2.07. The van der Waals surface area contributed by atoms with Gasteiger partial charge in [-0.05, 0) is 42.8 Å². The smallest absolute Gasteiger partial charge is 0.339 e. The number of rotatable bonds is 3. The topological polar surface area (TPSA) is 55.4 Å².